The topological polar surface area (TPSA) is 47.3 Å². The molecule has 1 aliphatic heterocycles. The van der Waals surface area contributed by atoms with Crippen LogP contribution >= 0.6 is 11.3 Å². The highest BCUT2D eigenvalue weighted by Gasteiger charge is 2.37. The van der Waals surface area contributed by atoms with Crippen molar-refractivity contribution in [1.29, 1.82) is 0 Å². The molecule has 1 aromatic heterocycles. The van der Waals surface area contributed by atoms with Gasteiger partial charge in [0, 0.05) is 34.3 Å². The fourth-order valence-electron chi connectivity index (χ4n) is 2.12. The number of rotatable bonds is 4. The minimum atomic E-state index is 0.0847. The Kier molecular flexibility index (Phi) is 3.88. The number of ether oxygens (including phenoxy) is 1. The van der Waals surface area contributed by atoms with Gasteiger partial charge >= 0.3 is 0 Å². The molecule has 1 aromatic rings. The molecule has 2 heterocycles. The molecule has 0 aliphatic carbocycles. The van der Waals surface area contributed by atoms with Gasteiger partial charge in [0.15, 0.2) is 0 Å². The van der Waals surface area contributed by atoms with Gasteiger partial charge in [-0.15, -0.1) is 11.3 Å². The Bertz CT molecular complexity index is 371. The van der Waals surface area contributed by atoms with E-state index in [9.17, 15) is 0 Å². The molecule has 2 atom stereocenters. The summed E-state index contributed by atoms with van der Waals surface area (Å²) in [5.41, 5.74) is 7.53. The summed E-state index contributed by atoms with van der Waals surface area (Å²) in [5.74, 6) is 0. The second-order valence-electron chi connectivity index (χ2n) is 5.33. The molecule has 0 bridgehead atoms. The van der Waals surface area contributed by atoms with Gasteiger partial charge in [-0.2, -0.15) is 0 Å². The SMILES string of the molecule is Cc1cc(CNCC2(C)COCC2N)sc1C. The first-order chi connectivity index (χ1) is 8.01. The number of thiophene rings is 1. The summed E-state index contributed by atoms with van der Waals surface area (Å²) in [5, 5.41) is 3.51. The van der Waals surface area contributed by atoms with Crippen LogP contribution in [0.2, 0.25) is 0 Å². The van der Waals surface area contributed by atoms with Gasteiger partial charge < -0.3 is 15.8 Å². The third-order valence-corrected chi connectivity index (χ3v) is 4.82. The van der Waals surface area contributed by atoms with E-state index in [2.05, 4.69) is 32.2 Å². The zero-order chi connectivity index (χ0) is 12.5. The van der Waals surface area contributed by atoms with Gasteiger partial charge in [0.1, 0.15) is 0 Å². The molecule has 2 unspecified atom stereocenters. The van der Waals surface area contributed by atoms with Crippen molar-refractivity contribution in [2.75, 3.05) is 19.8 Å². The highest BCUT2D eigenvalue weighted by atomic mass is 32.1. The van der Waals surface area contributed by atoms with Crippen LogP contribution in [0.4, 0.5) is 0 Å². The van der Waals surface area contributed by atoms with E-state index in [0.717, 1.165) is 19.7 Å². The van der Waals surface area contributed by atoms with Crippen molar-refractivity contribution >= 4 is 11.3 Å². The number of nitrogens with two attached hydrogens (primary N) is 1. The minimum Gasteiger partial charge on any atom is -0.379 e. The van der Waals surface area contributed by atoms with Gasteiger partial charge in [0.05, 0.1) is 13.2 Å². The molecule has 0 spiro atoms. The summed E-state index contributed by atoms with van der Waals surface area (Å²) in [6.45, 7) is 9.84. The van der Waals surface area contributed by atoms with Gasteiger partial charge in [-0.05, 0) is 25.5 Å². The van der Waals surface area contributed by atoms with E-state index in [-0.39, 0.29) is 11.5 Å². The van der Waals surface area contributed by atoms with Crippen molar-refractivity contribution in [3.63, 3.8) is 0 Å². The van der Waals surface area contributed by atoms with Crippen LogP contribution in [-0.2, 0) is 11.3 Å². The molecule has 0 saturated carbocycles. The first-order valence-electron chi connectivity index (χ1n) is 6.11. The molecule has 3 N–H and O–H groups in total. The second kappa shape index (κ2) is 5.06. The van der Waals surface area contributed by atoms with Crippen LogP contribution in [0, 0.1) is 19.3 Å². The second-order valence-corrected chi connectivity index (χ2v) is 6.67. The molecule has 0 radical (unpaired) electrons. The summed E-state index contributed by atoms with van der Waals surface area (Å²) in [6, 6.07) is 2.42. The predicted molar refractivity (Wildman–Crippen MR) is 72.4 cm³/mol. The lowest BCUT2D eigenvalue weighted by Crippen LogP contribution is -2.45. The monoisotopic (exact) mass is 254 g/mol. The van der Waals surface area contributed by atoms with Crippen molar-refractivity contribution in [1.82, 2.24) is 5.32 Å². The van der Waals surface area contributed by atoms with Gasteiger partial charge in [-0.25, -0.2) is 0 Å². The highest BCUT2D eigenvalue weighted by Crippen LogP contribution is 2.26. The minimum absolute atomic E-state index is 0.0847. The van der Waals surface area contributed by atoms with Crippen LogP contribution in [0.3, 0.4) is 0 Å². The normalized spacial score (nSPS) is 28.8. The Morgan fingerprint density at radius 1 is 1.59 bits per heavy atom. The standard InChI is InChI=1S/C13H22N2OS/c1-9-4-11(17-10(9)2)5-15-7-13(3)8-16-6-12(13)14/h4,12,15H,5-8,14H2,1-3H3. The Hall–Kier alpha value is -0.420. The van der Waals surface area contributed by atoms with E-state index in [0.29, 0.717) is 6.61 Å². The van der Waals surface area contributed by atoms with Crippen LogP contribution in [0.5, 0.6) is 0 Å². The first-order valence-corrected chi connectivity index (χ1v) is 6.93. The molecule has 0 amide bonds. The predicted octanol–water partition coefficient (Wildman–Crippen LogP) is 1.82. The summed E-state index contributed by atoms with van der Waals surface area (Å²) < 4.78 is 5.44. The molecule has 1 fully saturated rings. The van der Waals surface area contributed by atoms with E-state index >= 15 is 0 Å². The summed E-state index contributed by atoms with van der Waals surface area (Å²) >= 11 is 1.87. The van der Waals surface area contributed by atoms with E-state index < -0.39 is 0 Å². The summed E-state index contributed by atoms with van der Waals surface area (Å²) in [7, 11) is 0. The Balaban J connectivity index is 1.83. The third-order valence-electron chi connectivity index (χ3n) is 3.67. The van der Waals surface area contributed by atoms with Gasteiger partial charge in [0.25, 0.3) is 0 Å². The van der Waals surface area contributed by atoms with Gasteiger partial charge in [0.2, 0.25) is 0 Å². The largest absolute Gasteiger partial charge is 0.379 e. The van der Waals surface area contributed by atoms with Crippen LogP contribution in [0.25, 0.3) is 0 Å². The van der Waals surface area contributed by atoms with Gasteiger partial charge in [-0.1, -0.05) is 6.92 Å². The molecule has 2 rings (SSSR count). The van der Waals surface area contributed by atoms with E-state index in [1.807, 2.05) is 11.3 Å². The zero-order valence-electron chi connectivity index (χ0n) is 10.9. The average molecular weight is 254 g/mol. The number of aryl methyl sites for hydroxylation is 2. The number of hydrogen-bond donors (Lipinski definition) is 2. The smallest absolute Gasteiger partial charge is 0.0624 e. The zero-order valence-corrected chi connectivity index (χ0v) is 11.7. The molecule has 1 aliphatic rings. The number of hydrogen-bond acceptors (Lipinski definition) is 4. The van der Waals surface area contributed by atoms with Gasteiger partial charge in [-0.3, -0.25) is 0 Å². The van der Waals surface area contributed by atoms with Crippen molar-refractivity contribution in [2.24, 2.45) is 11.1 Å². The van der Waals surface area contributed by atoms with Crippen molar-refractivity contribution in [3.8, 4) is 0 Å². The lowest BCUT2D eigenvalue weighted by molar-refractivity contribution is 0.158. The molecular weight excluding hydrogens is 232 g/mol. The van der Waals surface area contributed by atoms with Crippen LogP contribution in [0.1, 0.15) is 22.2 Å². The van der Waals surface area contributed by atoms with Crippen molar-refractivity contribution in [3.05, 3.63) is 21.4 Å². The Labute approximate surface area is 107 Å². The average Bonchev–Trinajstić information content (AvgIpc) is 2.74. The molecule has 1 saturated heterocycles. The summed E-state index contributed by atoms with van der Waals surface area (Å²) in [6.07, 6.45) is 0. The van der Waals surface area contributed by atoms with Crippen molar-refractivity contribution < 1.29 is 4.74 Å². The summed E-state index contributed by atoms with van der Waals surface area (Å²) in [4.78, 5) is 2.81. The highest BCUT2D eigenvalue weighted by molar-refractivity contribution is 7.12. The molecule has 3 nitrogen and oxygen atoms in total. The van der Waals surface area contributed by atoms with Crippen LogP contribution < -0.4 is 11.1 Å². The molecule has 17 heavy (non-hydrogen) atoms. The lowest BCUT2D eigenvalue weighted by atomic mass is 9.86. The van der Waals surface area contributed by atoms with Crippen molar-refractivity contribution in [2.45, 2.75) is 33.4 Å². The maximum atomic E-state index is 6.06. The van der Waals surface area contributed by atoms with E-state index in [4.69, 9.17) is 10.5 Å². The molecule has 0 aromatic carbocycles. The molecule has 96 valence electrons. The quantitative estimate of drug-likeness (QED) is 0.861. The fraction of sp³-hybridized carbons (Fsp3) is 0.692. The lowest BCUT2D eigenvalue weighted by Gasteiger charge is -2.26. The first kappa shape index (κ1) is 13.0. The Morgan fingerprint density at radius 2 is 2.35 bits per heavy atom. The van der Waals surface area contributed by atoms with E-state index in [1.165, 1.54) is 15.3 Å². The maximum Gasteiger partial charge on any atom is 0.0624 e. The van der Waals surface area contributed by atoms with E-state index in [1.54, 1.807) is 0 Å². The molecular formula is C13H22N2OS. The fourth-order valence-corrected chi connectivity index (χ4v) is 3.14. The maximum absolute atomic E-state index is 6.06. The number of nitrogens with one attached hydrogen (secondary N) is 1. The molecule has 4 heteroatoms. The van der Waals surface area contributed by atoms with Crippen LogP contribution in [0.15, 0.2) is 6.07 Å². The Morgan fingerprint density at radius 3 is 2.88 bits per heavy atom. The van der Waals surface area contributed by atoms with Crippen LogP contribution in [-0.4, -0.2) is 25.8 Å². The third kappa shape index (κ3) is 2.88.